The number of amidine groups is 1. The number of aryl methyl sites for hydroxylation is 1. The number of carbonyl (C=O) groups excluding carboxylic acids is 2. The van der Waals surface area contributed by atoms with Crippen LogP contribution in [0.1, 0.15) is 66.4 Å². The number of nitrogens with zero attached hydrogens (tertiary/aromatic N) is 4. The zero-order chi connectivity index (χ0) is 32.7. The maximum absolute atomic E-state index is 16.5. The van der Waals surface area contributed by atoms with Crippen LogP contribution in [0, 0.1) is 25.6 Å². The number of fused-ring (bicyclic) bond motifs is 1. The Morgan fingerprint density at radius 2 is 2.02 bits per heavy atom. The highest BCUT2D eigenvalue weighted by Crippen LogP contribution is 2.43. The molecule has 0 saturated carbocycles. The third-order valence-electron chi connectivity index (χ3n) is 9.36. The first-order valence-corrected chi connectivity index (χ1v) is 16.6. The van der Waals surface area contributed by atoms with Crippen LogP contribution < -0.4 is 10.2 Å². The third kappa shape index (κ3) is 5.75. The molecule has 1 aromatic heterocycles. The number of hydrogen-bond acceptors (Lipinski definition) is 8. The first-order chi connectivity index (χ1) is 22.0. The molecule has 46 heavy (non-hydrogen) atoms. The molecule has 11 heteroatoms. The number of amides is 1. The lowest BCUT2D eigenvalue weighted by molar-refractivity contribution is -0.139. The molecule has 0 radical (unpaired) electrons. The maximum atomic E-state index is 16.5. The number of aliphatic imine (C=N–C) groups is 1. The molecule has 4 heterocycles. The highest BCUT2D eigenvalue weighted by atomic mass is 32.1. The van der Waals surface area contributed by atoms with Gasteiger partial charge in [-0.1, -0.05) is 32.0 Å². The topological polar surface area (TPSA) is 87.1 Å². The number of likely N-dealkylation sites (tertiary alicyclic amines) is 1. The second kappa shape index (κ2) is 12.7. The Morgan fingerprint density at radius 1 is 1.22 bits per heavy atom. The van der Waals surface area contributed by atoms with E-state index in [2.05, 4.69) is 29.0 Å². The highest BCUT2D eigenvalue weighted by molar-refractivity contribution is 7.11. The molecule has 2 aromatic carbocycles. The summed E-state index contributed by atoms with van der Waals surface area (Å²) in [5, 5.41) is 5.79. The van der Waals surface area contributed by atoms with Crippen LogP contribution in [0.3, 0.4) is 0 Å². The summed E-state index contributed by atoms with van der Waals surface area (Å²) in [5.74, 6) is -1.26. The zero-order valence-electron chi connectivity index (χ0n) is 26.8. The number of piperidine rings is 1. The number of esters is 1. The minimum atomic E-state index is -1.97. The van der Waals surface area contributed by atoms with Gasteiger partial charge in [0.25, 0.3) is 5.91 Å². The minimum Gasteiger partial charge on any atom is -0.463 e. The highest BCUT2D eigenvalue weighted by Gasteiger charge is 2.57. The number of aromatic nitrogens is 1. The van der Waals surface area contributed by atoms with Crippen LogP contribution in [0.4, 0.5) is 14.5 Å². The van der Waals surface area contributed by atoms with E-state index in [9.17, 15) is 14.0 Å². The third-order valence-corrected chi connectivity index (χ3v) is 10.1. The van der Waals surface area contributed by atoms with Crippen molar-refractivity contribution in [1.82, 2.24) is 15.2 Å². The Morgan fingerprint density at radius 3 is 2.74 bits per heavy atom. The van der Waals surface area contributed by atoms with Crippen molar-refractivity contribution in [3.63, 3.8) is 0 Å². The molecule has 8 nitrogen and oxygen atoms in total. The molecule has 3 aromatic rings. The molecule has 3 aliphatic rings. The number of anilines is 1. The molecule has 3 atom stereocenters. The number of hydrogen-bond donors (Lipinski definition) is 1. The minimum absolute atomic E-state index is 0.0395. The normalized spacial score (nSPS) is 23.4. The zero-order valence-corrected chi connectivity index (χ0v) is 27.6. The van der Waals surface area contributed by atoms with Gasteiger partial charge in [0, 0.05) is 61.5 Å². The van der Waals surface area contributed by atoms with E-state index in [1.807, 2.05) is 30.5 Å². The maximum Gasteiger partial charge on any atom is 0.338 e. The Hall–Kier alpha value is -3.96. The number of thiazole rings is 1. The number of halogens is 2. The molecule has 1 amide bonds. The average molecular weight is 648 g/mol. The van der Waals surface area contributed by atoms with E-state index in [1.54, 1.807) is 37.1 Å². The van der Waals surface area contributed by atoms with Crippen molar-refractivity contribution in [1.29, 1.82) is 0 Å². The molecular weight excluding hydrogens is 608 g/mol. The average Bonchev–Trinajstić information content (AvgIpc) is 3.66. The van der Waals surface area contributed by atoms with Gasteiger partial charge in [0.2, 0.25) is 0 Å². The molecule has 2 unspecified atom stereocenters. The molecule has 0 spiro atoms. The fourth-order valence-electron chi connectivity index (χ4n) is 6.86. The first kappa shape index (κ1) is 32.0. The van der Waals surface area contributed by atoms with Gasteiger partial charge in [-0.2, -0.15) is 0 Å². The summed E-state index contributed by atoms with van der Waals surface area (Å²) in [5.41, 5.74) is 2.79. The van der Waals surface area contributed by atoms with Crippen LogP contribution in [-0.2, 0) is 14.3 Å². The van der Waals surface area contributed by atoms with Gasteiger partial charge < -0.3 is 15.0 Å². The van der Waals surface area contributed by atoms with E-state index in [1.165, 1.54) is 17.4 Å². The molecule has 242 valence electrons. The fourth-order valence-corrected chi connectivity index (χ4v) is 7.44. The van der Waals surface area contributed by atoms with Gasteiger partial charge in [-0.05, 0) is 67.1 Å². The number of alkyl halides is 1. The van der Waals surface area contributed by atoms with Gasteiger partial charge in [-0.25, -0.2) is 18.6 Å². The van der Waals surface area contributed by atoms with E-state index in [4.69, 9.17) is 9.73 Å². The molecular formula is C35H39F2N5O3S. The monoisotopic (exact) mass is 647 g/mol. The number of nitrogens with one attached hydrogen (secondary N) is 1. The van der Waals surface area contributed by atoms with Crippen molar-refractivity contribution >= 4 is 34.7 Å². The largest absolute Gasteiger partial charge is 0.463 e. The van der Waals surface area contributed by atoms with Crippen LogP contribution in [0.25, 0.3) is 0 Å². The molecule has 6 rings (SSSR count). The van der Waals surface area contributed by atoms with E-state index in [0.717, 1.165) is 16.8 Å². The summed E-state index contributed by atoms with van der Waals surface area (Å²) in [4.78, 5) is 40.1. The Bertz CT molecular complexity index is 1720. The molecule has 2 fully saturated rings. The molecule has 2 saturated heterocycles. The predicted octanol–water partition coefficient (Wildman–Crippen LogP) is 6.01. The van der Waals surface area contributed by atoms with Gasteiger partial charge in [-0.15, -0.1) is 11.3 Å². The summed E-state index contributed by atoms with van der Waals surface area (Å²) in [6.45, 7) is 11.0. The van der Waals surface area contributed by atoms with E-state index in [-0.39, 0.29) is 37.6 Å². The molecule has 0 aliphatic carbocycles. The Kier molecular flexibility index (Phi) is 8.82. The molecule has 0 bridgehead atoms. The summed E-state index contributed by atoms with van der Waals surface area (Å²) in [7, 11) is 0. The second-order valence-corrected chi connectivity index (χ2v) is 13.5. The van der Waals surface area contributed by atoms with Crippen molar-refractivity contribution in [3.05, 3.63) is 92.3 Å². The van der Waals surface area contributed by atoms with Gasteiger partial charge in [0.1, 0.15) is 11.9 Å². The van der Waals surface area contributed by atoms with Crippen LogP contribution in [-0.4, -0.2) is 66.1 Å². The Labute approximate surface area is 272 Å². The summed E-state index contributed by atoms with van der Waals surface area (Å²) in [6, 6.07) is 9.81. The Balaban J connectivity index is 1.33. The van der Waals surface area contributed by atoms with E-state index >= 15 is 4.39 Å². The van der Waals surface area contributed by atoms with Crippen LogP contribution in [0.15, 0.2) is 64.2 Å². The number of carbonyl (C=O) groups is 2. The smallest absolute Gasteiger partial charge is 0.338 e. The van der Waals surface area contributed by atoms with E-state index < -0.39 is 35.3 Å². The van der Waals surface area contributed by atoms with Crippen molar-refractivity contribution in [3.8, 4) is 0 Å². The molecule has 1 N–H and O–H groups in total. The van der Waals surface area contributed by atoms with Crippen molar-refractivity contribution in [2.45, 2.75) is 58.7 Å². The lowest BCUT2D eigenvalue weighted by Crippen LogP contribution is -2.52. The standard InChI is InChI=1S/C35H39F2N5O3S/c1-6-45-33(43)29-28(39-31(32-38-13-15-46-32)40-30(29)25-8-7-9-27(36)22(25)5)19-41-14-12-35(37)23(17-41)18-42(34(35)44)24-11-10-21(4)26(16-24)20(2)3/h7-11,13,15-16,20,23,30H,6,12,14,17-19H2,1-5H3,(H,39,40)/t23?,30-,35?/m0/s1. The predicted molar refractivity (Wildman–Crippen MR) is 175 cm³/mol. The van der Waals surface area contributed by atoms with Crippen LogP contribution >= 0.6 is 11.3 Å². The van der Waals surface area contributed by atoms with E-state index in [0.29, 0.717) is 40.8 Å². The summed E-state index contributed by atoms with van der Waals surface area (Å²) in [6.07, 6.45) is 1.71. The number of benzene rings is 2. The van der Waals surface area contributed by atoms with Gasteiger partial charge in [0.15, 0.2) is 16.5 Å². The van der Waals surface area contributed by atoms with Crippen molar-refractivity contribution in [2.24, 2.45) is 10.9 Å². The van der Waals surface area contributed by atoms with Crippen molar-refractivity contribution < 1.29 is 23.1 Å². The van der Waals surface area contributed by atoms with Gasteiger partial charge in [-0.3, -0.25) is 14.7 Å². The molecule has 3 aliphatic heterocycles. The fraction of sp³-hybridized carbons (Fsp3) is 0.429. The second-order valence-electron chi connectivity index (χ2n) is 12.6. The summed E-state index contributed by atoms with van der Waals surface area (Å²) >= 11 is 1.39. The van der Waals surface area contributed by atoms with Gasteiger partial charge in [0.05, 0.1) is 12.2 Å². The lowest BCUT2D eigenvalue weighted by atomic mass is 9.84. The SMILES string of the molecule is CCOC(=O)C1=C(CN2CCC3(F)C(=O)N(c4ccc(C)c(C(C)C)c4)CC3C2)NC(c2nccs2)=N[C@H]1c1cccc(F)c1C. The number of ether oxygens (including phenoxy) is 1. The quantitative estimate of drug-likeness (QED) is 0.302. The first-order valence-electron chi connectivity index (χ1n) is 15.8. The number of rotatable bonds is 8. The van der Waals surface area contributed by atoms with Crippen LogP contribution in [0.5, 0.6) is 0 Å². The van der Waals surface area contributed by atoms with Crippen LogP contribution in [0.2, 0.25) is 0 Å². The van der Waals surface area contributed by atoms with Crippen molar-refractivity contribution in [2.75, 3.05) is 37.7 Å². The lowest BCUT2D eigenvalue weighted by Gasteiger charge is -2.38. The van der Waals surface area contributed by atoms with Gasteiger partial charge >= 0.3 is 5.97 Å². The summed E-state index contributed by atoms with van der Waals surface area (Å²) < 4.78 is 36.8.